The lowest BCUT2D eigenvalue weighted by molar-refractivity contribution is 0.0838. The van der Waals surface area contributed by atoms with E-state index >= 15 is 0 Å². The minimum absolute atomic E-state index is 0.0420. The summed E-state index contributed by atoms with van der Waals surface area (Å²) in [4.78, 5) is 12.2. The maximum absolute atomic E-state index is 12.2. The largest absolute Gasteiger partial charge is 0.446 e. The number of unbranched alkanes of at least 4 members (excludes halogenated alkanes) is 22. The number of carbonyl (C=O) groups excluding carboxylic acids is 1. The fourth-order valence-corrected chi connectivity index (χ4v) is 5.41. The zero-order chi connectivity index (χ0) is 35.6. The van der Waals surface area contributed by atoms with Gasteiger partial charge in [-0.05, 0) is 50.4 Å². The number of amides is 1. The number of aliphatic hydroxyl groups excluding tert-OH is 2. The fourth-order valence-electron chi connectivity index (χ4n) is 5.41. The third-order valence-electron chi connectivity index (χ3n) is 8.34. The number of rotatable bonds is 32. The normalized spacial score (nSPS) is 11.0. The van der Waals surface area contributed by atoms with Gasteiger partial charge in [-0.15, -0.1) is 0 Å². The SMILES string of the molecule is CC(C)C.CC(C)CCO.CCCCCCCCCCCCCCC(CCCCCCCCCCCCCC)OC(=O)NCCCO. The van der Waals surface area contributed by atoms with Crippen LogP contribution in [0.15, 0.2) is 0 Å². The molecule has 0 spiro atoms. The molecule has 0 aliphatic carbocycles. The van der Waals surface area contributed by atoms with Crippen LogP contribution in [0, 0.1) is 11.8 Å². The molecule has 286 valence electrons. The Bertz CT molecular complexity index is 524. The van der Waals surface area contributed by atoms with E-state index in [1.807, 2.05) is 0 Å². The Morgan fingerprint density at radius 1 is 0.489 bits per heavy atom. The van der Waals surface area contributed by atoms with Crippen molar-refractivity contribution in [2.45, 2.75) is 234 Å². The van der Waals surface area contributed by atoms with Gasteiger partial charge in [0.05, 0.1) is 0 Å². The van der Waals surface area contributed by atoms with Gasteiger partial charge in [-0.1, -0.05) is 190 Å². The summed E-state index contributed by atoms with van der Waals surface area (Å²) in [6.45, 7) is 16.2. The molecule has 0 fully saturated rings. The Kier molecular flexibility index (Phi) is 48.6. The zero-order valence-electron chi connectivity index (χ0n) is 33.4. The molecule has 1 amide bonds. The third-order valence-corrected chi connectivity index (χ3v) is 8.34. The molecule has 0 aromatic rings. The van der Waals surface area contributed by atoms with Gasteiger partial charge in [-0.25, -0.2) is 4.79 Å². The minimum Gasteiger partial charge on any atom is -0.446 e. The molecule has 0 aliphatic rings. The van der Waals surface area contributed by atoms with Crippen LogP contribution in [0.4, 0.5) is 4.79 Å². The van der Waals surface area contributed by atoms with Crippen LogP contribution >= 0.6 is 0 Å². The first-order valence-corrected chi connectivity index (χ1v) is 20.9. The summed E-state index contributed by atoms with van der Waals surface area (Å²) >= 11 is 0. The van der Waals surface area contributed by atoms with E-state index in [2.05, 4.69) is 53.8 Å². The highest BCUT2D eigenvalue weighted by Gasteiger charge is 2.14. The van der Waals surface area contributed by atoms with Crippen molar-refractivity contribution in [2.24, 2.45) is 11.8 Å². The van der Waals surface area contributed by atoms with E-state index in [0.717, 1.165) is 38.0 Å². The van der Waals surface area contributed by atoms with Crippen molar-refractivity contribution in [2.75, 3.05) is 19.8 Å². The summed E-state index contributed by atoms with van der Waals surface area (Å²) < 4.78 is 5.77. The second-order valence-electron chi connectivity index (χ2n) is 15.0. The standard InChI is InChI=1S/C33H67NO3.C5H12O.C4H10/c1-3-5-7-9-11-13-15-17-19-21-23-25-28-32(37-33(36)34-30-27-31-35)29-26-24-22-20-18-16-14-12-10-8-6-4-2;1-5(2)3-4-6;1-4(2)3/h32,35H,3-31H2,1-2H3,(H,34,36);5-6H,3-4H2,1-2H3;4H,1-3H3. The summed E-state index contributed by atoms with van der Waals surface area (Å²) in [5.74, 6) is 1.48. The molecule has 0 rings (SSSR count). The molecule has 0 saturated carbocycles. The summed E-state index contributed by atoms with van der Waals surface area (Å²) in [7, 11) is 0. The van der Waals surface area contributed by atoms with Crippen molar-refractivity contribution in [3.8, 4) is 0 Å². The van der Waals surface area contributed by atoms with Gasteiger partial charge in [0.2, 0.25) is 0 Å². The molecule has 0 heterocycles. The molecule has 5 heteroatoms. The molecule has 0 unspecified atom stereocenters. The Hall–Kier alpha value is -0.810. The Morgan fingerprint density at radius 3 is 1.06 bits per heavy atom. The van der Waals surface area contributed by atoms with E-state index in [1.165, 1.54) is 141 Å². The number of nitrogens with one attached hydrogen (secondary N) is 1. The lowest BCUT2D eigenvalue weighted by Crippen LogP contribution is -2.30. The predicted octanol–water partition coefficient (Wildman–Crippen LogP) is 13.3. The van der Waals surface area contributed by atoms with Crippen molar-refractivity contribution in [3.05, 3.63) is 0 Å². The second-order valence-corrected chi connectivity index (χ2v) is 15.0. The van der Waals surface area contributed by atoms with Crippen LogP contribution in [-0.4, -0.2) is 42.2 Å². The molecule has 0 bridgehead atoms. The highest BCUT2D eigenvalue weighted by Crippen LogP contribution is 2.18. The molecule has 3 N–H and O–H groups in total. The van der Waals surface area contributed by atoms with E-state index in [-0.39, 0.29) is 18.8 Å². The molecule has 0 radical (unpaired) electrons. The molecular formula is C42H89NO4. The van der Waals surface area contributed by atoms with Gasteiger partial charge in [0.25, 0.3) is 0 Å². The van der Waals surface area contributed by atoms with Crippen LogP contribution in [0.3, 0.4) is 0 Å². The molecule has 0 aliphatic heterocycles. The molecular weight excluding hydrogens is 582 g/mol. The van der Waals surface area contributed by atoms with Crippen LogP contribution < -0.4 is 5.32 Å². The topological polar surface area (TPSA) is 78.8 Å². The third kappa shape index (κ3) is 54.9. The summed E-state index contributed by atoms with van der Waals surface area (Å²) in [6, 6.07) is 0. The van der Waals surface area contributed by atoms with Crippen LogP contribution in [-0.2, 0) is 4.74 Å². The average Bonchev–Trinajstić information content (AvgIpc) is 3.02. The number of alkyl carbamates (subject to hydrolysis) is 1. The van der Waals surface area contributed by atoms with E-state index < -0.39 is 0 Å². The Morgan fingerprint density at radius 2 is 0.809 bits per heavy atom. The Labute approximate surface area is 296 Å². The van der Waals surface area contributed by atoms with Gasteiger partial charge >= 0.3 is 6.09 Å². The molecule has 0 aromatic heterocycles. The number of hydrogen-bond acceptors (Lipinski definition) is 4. The minimum atomic E-state index is -0.309. The van der Waals surface area contributed by atoms with Crippen LogP contribution in [0.2, 0.25) is 0 Å². The smallest absolute Gasteiger partial charge is 0.407 e. The van der Waals surface area contributed by atoms with E-state index in [0.29, 0.717) is 25.5 Å². The van der Waals surface area contributed by atoms with Crippen molar-refractivity contribution < 1.29 is 19.7 Å². The number of hydrogen-bond donors (Lipinski definition) is 3. The van der Waals surface area contributed by atoms with Gasteiger partial charge < -0.3 is 20.3 Å². The summed E-state index contributed by atoms with van der Waals surface area (Å²) in [5, 5.41) is 19.9. The Balaban J connectivity index is -0.00000167. The summed E-state index contributed by atoms with van der Waals surface area (Å²) in [5.41, 5.74) is 0. The van der Waals surface area contributed by atoms with E-state index in [9.17, 15) is 4.79 Å². The first-order valence-electron chi connectivity index (χ1n) is 20.9. The maximum atomic E-state index is 12.2. The number of carbonyl (C=O) groups is 1. The lowest BCUT2D eigenvalue weighted by atomic mass is 10.0. The quantitative estimate of drug-likeness (QED) is 0.0622. The van der Waals surface area contributed by atoms with Gasteiger partial charge in [0, 0.05) is 19.8 Å². The second kappa shape index (κ2) is 45.2. The van der Waals surface area contributed by atoms with Crippen molar-refractivity contribution in [1.29, 1.82) is 0 Å². The zero-order valence-corrected chi connectivity index (χ0v) is 33.4. The van der Waals surface area contributed by atoms with E-state index in [1.54, 1.807) is 0 Å². The highest BCUT2D eigenvalue weighted by atomic mass is 16.6. The fraction of sp³-hybridized carbons (Fsp3) is 0.976. The number of aliphatic hydroxyl groups is 2. The van der Waals surface area contributed by atoms with Crippen molar-refractivity contribution in [1.82, 2.24) is 5.32 Å². The predicted molar refractivity (Wildman–Crippen MR) is 208 cm³/mol. The molecule has 0 atom stereocenters. The molecule has 0 saturated heterocycles. The average molecular weight is 672 g/mol. The van der Waals surface area contributed by atoms with Gasteiger partial charge in [0.1, 0.15) is 6.10 Å². The summed E-state index contributed by atoms with van der Waals surface area (Å²) in [6.07, 6.45) is 35.7. The van der Waals surface area contributed by atoms with Crippen molar-refractivity contribution in [3.63, 3.8) is 0 Å². The maximum Gasteiger partial charge on any atom is 0.407 e. The molecule has 5 nitrogen and oxygen atoms in total. The molecule has 0 aromatic carbocycles. The van der Waals surface area contributed by atoms with Crippen LogP contribution in [0.1, 0.15) is 228 Å². The van der Waals surface area contributed by atoms with Crippen LogP contribution in [0.25, 0.3) is 0 Å². The van der Waals surface area contributed by atoms with Crippen LogP contribution in [0.5, 0.6) is 0 Å². The first kappa shape index (κ1) is 50.6. The van der Waals surface area contributed by atoms with Gasteiger partial charge in [0.15, 0.2) is 0 Å². The first-order chi connectivity index (χ1) is 22.7. The van der Waals surface area contributed by atoms with Crippen molar-refractivity contribution >= 4 is 6.09 Å². The van der Waals surface area contributed by atoms with Gasteiger partial charge in [-0.3, -0.25) is 0 Å². The van der Waals surface area contributed by atoms with Gasteiger partial charge in [-0.2, -0.15) is 0 Å². The number of ether oxygens (including phenoxy) is 1. The molecule has 47 heavy (non-hydrogen) atoms. The monoisotopic (exact) mass is 672 g/mol. The lowest BCUT2D eigenvalue weighted by Gasteiger charge is -2.18. The van der Waals surface area contributed by atoms with E-state index in [4.69, 9.17) is 14.9 Å². The highest BCUT2D eigenvalue weighted by molar-refractivity contribution is 5.67.